The Morgan fingerprint density at radius 3 is 2.60 bits per heavy atom. The molecule has 3 N–H and O–H groups in total. The number of hydrogen-bond acceptors (Lipinski definition) is 8. The third-order valence-electron chi connectivity index (χ3n) is 7.17. The number of halogens is 2. The van der Waals surface area contributed by atoms with E-state index in [4.69, 9.17) is 14.5 Å². The Hall–Kier alpha value is -4.40. The van der Waals surface area contributed by atoms with E-state index in [-0.39, 0.29) is 24.5 Å². The second-order valence-electron chi connectivity index (χ2n) is 10.6. The molecule has 2 aromatic heterocycles. The van der Waals surface area contributed by atoms with Crippen LogP contribution in [0.4, 0.5) is 14.5 Å². The molecule has 0 bridgehead atoms. The van der Waals surface area contributed by atoms with Crippen LogP contribution in [-0.4, -0.2) is 72.7 Å². The third kappa shape index (κ3) is 6.07. The lowest BCUT2D eigenvalue weighted by atomic mass is 9.98. The number of nitrogens with one attached hydrogen (secondary N) is 3. The average molecular weight is 611 g/mol. The summed E-state index contributed by atoms with van der Waals surface area (Å²) in [5, 5.41) is 7.90. The first-order chi connectivity index (χ1) is 20.6. The molecule has 0 unspecified atom stereocenters. The summed E-state index contributed by atoms with van der Waals surface area (Å²) in [4.78, 5) is 21.2. The quantitative estimate of drug-likeness (QED) is 0.289. The standard InChI is InChI=1S/C29H28F2N6O5S/c1-16-12-37(13-17(2)42-16)14-21-10-32-27(15-41-21)22-5-18(6-25-23(22)11-34-35-25)19-7-26(29(38)33-9-19)36-43(39,40)28-4-3-20(30)8-24(28)31/h3-11,16-17,36H,12-15H2,1-2H3,(H,33,38)(H,34,35)/t16-,17+. The van der Waals surface area contributed by atoms with Crippen molar-refractivity contribution in [3.8, 4) is 11.1 Å². The van der Waals surface area contributed by atoms with Crippen LogP contribution in [0.15, 0.2) is 75.4 Å². The van der Waals surface area contributed by atoms with Gasteiger partial charge in [-0.2, -0.15) is 5.10 Å². The minimum absolute atomic E-state index is 0.136. The van der Waals surface area contributed by atoms with Gasteiger partial charge in [-0.3, -0.25) is 24.5 Å². The van der Waals surface area contributed by atoms with E-state index in [1.807, 2.05) is 19.9 Å². The van der Waals surface area contributed by atoms with Crippen LogP contribution < -0.4 is 10.3 Å². The number of anilines is 1. The SMILES string of the molecule is C[C@@H]1CN(CC2=CN=C(c3cc(-c4c[nH]c(=O)c(NS(=O)(=O)c5ccc(F)cc5F)c4)cc4[nH]ncc34)CO2)C[C@H](C)O1. The number of aliphatic imine (C=N–C) groups is 1. The zero-order valence-electron chi connectivity index (χ0n) is 23.2. The number of aromatic nitrogens is 3. The Kier molecular flexibility index (Phi) is 7.58. The van der Waals surface area contributed by atoms with Crippen LogP contribution in [0.2, 0.25) is 0 Å². The third-order valence-corrected chi connectivity index (χ3v) is 8.57. The van der Waals surface area contributed by atoms with Gasteiger partial charge in [0.15, 0.2) is 0 Å². The van der Waals surface area contributed by atoms with Gasteiger partial charge < -0.3 is 14.5 Å². The first-order valence-electron chi connectivity index (χ1n) is 13.5. The van der Waals surface area contributed by atoms with Crippen LogP contribution in [0.1, 0.15) is 19.4 Å². The minimum Gasteiger partial charge on any atom is -0.489 e. The summed E-state index contributed by atoms with van der Waals surface area (Å²) in [6.45, 7) is 6.54. The molecule has 4 heterocycles. The van der Waals surface area contributed by atoms with Gasteiger partial charge in [0, 0.05) is 41.9 Å². The van der Waals surface area contributed by atoms with E-state index in [0.29, 0.717) is 35.0 Å². The molecule has 2 aliphatic heterocycles. The summed E-state index contributed by atoms with van der Waals surface area (Å²) >= 11 is 0. The summed E-state index contributed by atoms with van der Waals surface area (Å²) in [6.07, 6.45) is 5.09. The molecule has 2 atom stereocenters. The van der Waals surface area contributed by atoms with Crippen LogP contribution in [-0.2, 0) is 19.5 Å². The van der Waals surface area contributed by atoms with Crippen molar-refractivity contribution in [2.24, 2.45) is 4.99 Å². The number of pyridine rings is 1. The summed E-state index contributed by atoms with van der Waals surface area (Å²) in [5.74, 6) is -1.46. The van der Waals surface area contributed by atoms with Crippen LogP contribution in [0.5, 0.6) is 0 Å². The van der Waals surface area contributed by atoms with Crippen molar-refractivity contribution in [1.82, 2.24) is 20.1 Å². The normalized spacial score (nSPS) is 19.5. The molecule has 0 amide bonds. The molecule has 0 aliphatic carbocycles. The van der Waals surface area contributed by atoms with Gasteiger partial charge in [0.2, 0.25) is 0 Å². The topological polar surface area (TPSA) is 142 Å². The number of nitrogens with zero attached hydrogens (tertiary/aromatic N) is 3. The molecular weight excluding hydrogens is 582 g/mol. The maximum Gasteiger partial charge on any atom is 0.272 e. The van der Waals surface area contributed by atoms with E-state index in [1.165, 1.54) is 12.3 Å². The predicted octanol–water partition coefficient (Wildman–Crippen LogP) is 3.77. The molecule has 2 aromatic carbocycles. The molecule has 1 fully saturated rings. The number of H-pyrrole nitrogens is 2. The van der Waals surface area contributed by atoms with Gasteiger partial charge in [0.25, 0.3) is 15.6 Å². The van der Waals surface area contributed by atoms with Gasteiger partial charge in [-0.25, -0.2) is 17.2 Å². The second kappa shape index (κ2) is 11.4. The minimum atomic E-state index is -4.54. The van der Waals surface area contributed by atoms with Crippen LogP contribution in [0.3, 0.4) is 0 Å². The molecule has 224 valence electrons. The van der Waals surface area contributed by atoms with Gasteiger partial charge >= 0.3 is 0 Å². The van der Waals surface area contributed by atoms with Gasteiger partial charge in [-0.05, 0) is 49.7 Å². The van der Waals surface area contributed by atoms with Crippen LogP contribution in [0, 0.1) is 11.6 Å². The zero-order valence-corrected chi connectivity index (χ0v) is 24.0. The summed E-state index contributed by atoms with van der Waals surface area (Å²) in [5.41, 5.74) is 2.08. The number of aromatic amines is 2. The highest BCUT2D eigenvalue weighted by molar-refractivity contribution is 7.92. The lowest BCUT2D eigenvalue weighted by molar-refractivity contribution is -0.0680. The van der Waals surface area contributed by atoms with E-state index in [1.54, 1.807) is 18.5 Å². The molecule has 1 saturated heterocycles. The fraction of sp³-hybridized carbons (Fsp3) is 0.276. The molecule has 0 spiro atoms. The van der Waals surface area contributed by atoms with Crippen LogP contribution >= 0.6 is 0 Å². The van der Waals surface area contributed by atoms with Crippen molar-refractivity contribution in [2.75, 3.05) is 31.0 Å². The molecule has 43 heavy (non-hydrogen) atoms. The van der Waals surface area contributed by atoms with Crippen LogP contribution in [0.25, 0.3) is 22.0 Å². The van der Waals surface area contributed by atoms with Gasteiger partial charge in [0.1, 0.15) is 34.6 Å². The number of rotatable bonds is 7. The smallest absolute Gasteiger partial charge is 0.272 e. The van der Waals surface area contributed by atoms with E-state index >= 15 is 0 Å². The fourth-order valence-corrected chi connectivity index (χ4v) is 6.44. The fourth-order valence-electron chi connectivity index (χ4n) is 5.33. The molecule has 11 nitrogen and oxygen atoms in total. The Morgan fingerprint density at radius 1 is 1.09 bits per heavy atom. The molecule has 4 aromatic rings. The summed E-state index contributed by atoms with van der Waals surface area (Å²) in [7, 11) is -4.54. The van der Waals surface area contributed by atoms with Crippen molar-refractivity contribution in [2.45, 2.75) is 31.0 Å². The number of fused-ring (bicyclic) bond motifs is 1. The zero-order chi connectivity index (χ0) is 30.3. The van der Waals surface area contributed by atoms with Crippen molar-refractivity contribution < 1.29 is 26.7 Å². The molecule has 0 saturated carbocycles. The number of morpholine rings is 1. The highest BCUT2D eigenvalue weighted by atomic mass is 32.2. The number of ether oxygens (including phenoxy) is 2. The van der Waals surface area contributed by atoms with Crippen molar-refractivity contribution in [3.05, 3.63) is 88.3 Å². The average Bonchev–Trinajstić information content (AvgIpc) is 3.42. The molecule has 6 rings (SSSR count). The highest BCUT2D eigenvalue weighted by Crippen LogP contribution is 2.29. The first-order valence-corrected chi connectivity index (χ1v) is 15.0. The largest absolute Gasteiger partial charge is 0.489 e. The second-order valence-corrected chi connectivity index (χ2v) is 12.2. The lowest BCUT2D eigenvalue weighted by Gasteiger charge is -2.35. The monoisotopic (exact) mass is 610 g/mol. The van der Waals surface area contributed by atoms with E-state index in [2.05, 4.69) is 24.8 Å². The van der Waals surface area contributed by atoms with E-state index in [0.717, 1.165) is 41.9 Å². The number of sulfonamides is 1. The molecule has 14 heteroatoms. The molecular formula is C29H28F2N6O5S. The number of benzene rings is 2. The van der Waals surface area contributed by atoms with E-state index in [9.17, 15) is 22.0 Å². The first kappa shape index (κ1) is 28.7. The molecule has 2 aliphatic rings. The summed E-state index contributed by atoms with van der Waals surface area (Å²) < 4.78 is 67.2. The Labute approximate surface area is 245 Å². The van der Waals surface area contributed by atoms with E-state index < -0.39 is 32.1 Å². The maximum atomic E-state index is 14.2. The van der Waals surface area contributed by atoms with Crippen molar-refractivity contribution in [3.63, 3.8) is 0 Å². The highest BCUT2D eigenvalue weighted by Gasteiger charge is 2.25. The maximum absolute atomic E-state index is 14.2. The van der Waals surface area contributed by atoms with Crippen molar-refractivity contribution in [1.29, 1.82) is 0 Å². The Balaban J connectivity index is 1.30. The summed E-state index contributed by atoms with van der Waals surface area (Å²) in [6, 6.07) is 7.03. The molecule has 0 radical (unpaired) electrons. The van der Waals surface area contributed by atoms with Gasteiger partial charge in [0.05, 0.1) is 42.4 Å². The Morgan fingerprint density at radius 2 is 1.88 bits per heavy atom. The number of hydrogen-bond donors (Lipinski definition) is 3. The Bertz CT molecular complexity index is 1930. The lowest BCUT2D eigenvalue weighted by Crippen LogP contribution is -2.46. The van der Waals surface area contributed by atoms with Crippen molar-refractivity contribution >= 4 is 32.3 Å². The van der Waals surface area contributed by atoms with Gasteiger partial charge in [-0.1, -0.05) is 0 Å². The predicted molar refractivity (Wildman–Crippen MR) is 156 cm³/mol. The van der Waals surface area contributed by atoms with Gasteiger partial charge in [-0.15, -0.1) is 0 Å².